The maximum absolute atomic E-state index is 12.2. The molecule has 1 atom stereocenters. The van der Waals surface area contributed by atoms with E-state index in [1.165, 1.54) is 12.0 Å². The summed E-state index contributed by atoms with van der Waals surface area (Å²) >= 11 is 0. The van der Waals surface area contributed by atoms with Crippen LogP contribution in [0.1, 0.15) is 60.3 Å². The van der Waals surface area contributed by atoms with Gasteiger partial charge in [0.15, 0.2) is 0 Å². The van der Waals surface area contributed by atoms with Crippen molar-refractivity contribution in [3.05, 3.63) is 11.1 Å². The van der Waals surface area contributed by atoms with Crippen molar-refractivity contribution < 1.29 is 9.53 Å². The van der Waals surface area contributed by atoms with Crippen molar-refractivity contribution >= 4 is 5.91 Å². The molecule has 0 aromatic rings. The molecule has 0 bridgehead atoms. The topological polar surface area (TPSA) is 38.3 Å². The van der Waals surface area contributed by atoms with Crippen molar-refractivity contribution in [3.63, 3.8) is 0 Å². The van der Waals surface area contributed by atoms with Crippen LogP contribution in [-0.4, -0.2) is 23.2 Å². The fraction of sp³-hybridized carbons (Fsp3) is 0.800. The smallest absolute Gasteiger partial charge is 0.247 e. The van der Waals surface area contributed by atoms with E-state index in [1.807, 2.05) is 6.92 Å². The van der Waals surface area contributed by atoms with Crippen LogP contribution in [0.2, 0.25) is 0 Å². The molecule has 1 aliphatic carbocycles. The van der Waals surface area contributed by atoms with Gasteiger partial charge in [-0.3, -0.25) is 4.79 Å². The first kappa shape index (κ1) is 13.6. The third-order valence-corrected chi connectivity index (χ3v) is 4.21. The van der Waals surface area contributed by atoms with E-state index in [4.69, 9.17) is 4.74 Å². The molecule has 0 aromatic carbocycles. The van der Waals surface area contributed by atoms with Gasteiger partial charge in [-0.05, 0) is 60.3 Å². The van der Waals surface area contributed by atoms with Gasteiger partial charge < -0.3 is 10.1 Å². The lowest BCUT2D eigenvalue weighted by atomic mass is 9.87. The van der Waals surface area contributed by atoms with E-state index in [-0.39, 0.29) is 23.2 Å². The van der Waals surface area contributed by atoms with Gasteiger partial charge in [0, 0.05) is 5.57 Å². The highest BCUT2D eigenvalue weighted by Crippen LogP contribution is 2.37. The minimum absolute atomic E-state index is 0.0871. The largest absolute Gasteiger partial charge is 0.367 e. The zero-order valence-corrected chi connectivity index (χ0v) is 12.2. The highest BCUT2D eigenvalue weighted by Gasteiger charge is 2.46. The van der Waals surface area contributed by atoms with E-state index < -0.39 is 0 Å². The standard InChI is InChI=1S/C15H25NO2/c1-10(11-7-6-8-11)13(17)16-12-9-14(2,3)18-15(12,4)5/h12H,6-9H2,1-5H3,(H,16,17). The summed E-state index contributed by atoms with van der Waals surface area (Å²) in [7, 11) is 0. The number of amides is 1. The van der Waals surface area contributed by atoms with Gasteiger partial charge >= 0.3 is 0 Å². The summed E-state index contributed by atoms with van der Waals surface area (Å²) in [6, 6.07) is 0.0932. The molecule has 102 valence electrons. The SMILES string of the molecule is CC(C(=O)NC1CC(C)(C)OC1(C)C)=C1CCC1. The maximum Gasteiger partial charge on any atom is 0.247 e. The maximum atomic E-state index is 12.2. The van der Waals surface area contributed by atoms with Gasteiger partial charge in [-0.2, -0.15) is 0 Å². The molecule has 2 rings (SSSR count). The van der Waals surface area contributed by atoms with E-state index in [0.717, 1.165) is 24.8 Å². The molecule has 1 saturated carbocycles. The Balaban J connectivity index is 2.04. The van der Waals surface area contributed by atoms with Gasteiger partial charge in [-0.1, -0.05) is 5.57 Å². The van der Waals surface area contributed by atoms with E-state index in [9.17, 15) is 4.79 Å². The van der Waals surface area contributed by atoms with Gasteiger partial charge in [0.25, 0.3) is 0 Å². The predicted molar refractivity (Wildman–Crippen MR) is 72.3 cm³/mol. The molecule has 1 N–H and O–H groups in total. The number of hydrogen-bond acceptors (Lipinski definition) is 2. The Kier molecular flexibility index (Phi) is 3.30. The van der Waals surface area contributed by atoms with E-state index >= 15 is 0 Å². The first-order chi connectivity index (χ1) is 8.21. The summed E-state index contributed by atoms with van der Waals surface area (Å²) in [5, 5.41) is 3.15. The van der Waals surface area contributed by atoms with Crippen LogP contribution in [0.15, 0.2) is 11.1 Å². The van der Waals surface area contributed by atoms with Crippen LogP contribution in [0.5, 0.6) is 0 Å². The third-order valence-electron chi connectivity index (χ3n) is 4.21. The van der Waals surface area contributed by atoms with Crippen LogP contribution in [0.4, 0.5) is 0 Å². The van der Waals surface area contributed by atoms with Gasteiger partial charge in [0.1, 0.15) is 0 Å². The number of carbonyl (C=O) groups excluding carboxylic acids is 1. The number of carbonyl (C=O) groups is 1. The van der Waals surface area contributed by atoms with Crippen LogP contribution >= 0.6 is 0 Å². The highest BCUT2D eigenvalue weighted by molar-refractivity contribution is 5.94. The average molecular weight is 251 g/mol. The van der Waals surface area contributed by atoms with Crippen molar-refractivity contribution in [2.75, 3.05) is 0 Å². The van der Waals surface area contributed by atoms with Gasteiger partial charge in [0.05, 0.1) is 17.2 Å². The molecular formula is C15H25NO2. The van der Waals surface area contributed by atoms with Gasteiger partial charge in [-0.15, -0.1) is 0 Å². The van der Waals surface area contributed by atoms with E-state index in [1.54, 1.807) is 0 Å². The Bertz CT molecular complexity index is 387. The highest BCUT2D eigenvalue weighted by atomic mass is 16.5. The Hall–Kier alpha value is -0.830. The number of nitrogens with one attached hydrogen (secondary N) is 1. The van der Waals surface area contributed by atoms with Crippen LogP contribution < -0.4 is 5.32 Å². The van der Waals surface area contributed by atoms with Crippen molar-refractivity contribution in [1.82, 2.24) is 5.32 Å². The Morgan fingerprint density at radius 2 is 1.89 bits per heavy atom. The number of hydrogen-bond donors (Lipinski definition) is 1. The van der Waals surface area contributed by atoms with Crippen LogP contribution in [0.3, 0.4) is 0 Å². The molecule has 1 saturated heterocycles. The molecule has 2 aliphatic rings. The summed E-state index contributed by atoms with van der Waals surface area (Å²) in [6.45, 7) is 10.2. The van der Waals surface area contributed by atoms with Crippen molar-refractivity contribution in [1.29, 1.82) is 0 Å². The monoisotopic (exact) mass is 251 g/mol. The zero-order valence-electron chi connectivity index (χ0n) is 12.2. The minimum atomic E-state index is -0.288. The van der Waals surface area contributed by atoms with Crippen molar-refractivity contribution in [3.8, 4) is 0 Å². The molecular weight excluding hydrogens is 226 g/mol. The molecule has 0 spiro atoms. The lowest BCUT2D eigenvalue weighted by molar-refractivity contribution is -0.120. The first-order valence-electron chi connectivity index (χ1n) is 6.91. The number of allylic oxidation sites excluding steroid dienone is 1. The fourth-order valence-corrected chi connectivity index (χ4v) is 2.94. The molecule has 1 aliphatic heterocycles. The summed E-state index contributed by atoms with van der Waals surface area (Å²) < 4.78 is 6.00. The molecule has 0 radical (unpaired) electrons. The second-order valence-electron chi connectivity index (χ2n) is 6.78. The summed E-state index contributed by atoms with van der Waals surface area (Å²) in [4.78, 5) is 12.2. The number of rotatable bonds is 2. The fourth-order valence-electron chi connectivity index (χ4n) is 2.94. The zero-order chi connectivity index (χ0) is 13.6. The van der Waals surface area contributed by atoms with E-state index in [2.05, 4.69) is 33.0 Å². The molecule has 1 amide bonds. The van der Waals surface area contributed by atoms with Crippen LogP contribution in [0, 0.1) is 0 Å². The summed E-state index contributed by atoms with van der Waals surface area (Å²) in [5.74, 6) is 0.0871. The molecule has 0 aromatic heterocycles. The normalized spacial score (nSPS) is 28.7. The van der Waals surface area contributed by atoms with E-state index in [0.29, 0.717) is 0 Å². The van der Waals surface area contributed by atoms with Crippen molar-refractivity contribution in [2.24, 2.45) is 0 Å². The second kappa shape index (κ2) is 4.37. The lowest BCUT2D eigenvalue weighted by Crippen LogP contribution is -2.46. The minimum Gasteiger partial charge on any atom is -0.367 e. The Morgan fingerprint density at radius 1 is 1.28 bits per heavy atom. The molecule has 3 heteroatoms. The first-order valence-corrected chi connectivity index (χ1v) is 6.91. The molecule has 1 unspecified atom stereocenters. The summed E-state index contributed by atoms with van der Waals surface area (Å²) in [5.41, 5.74) is 1.80. The Labute approximate surface area is 110 Å². The summed E-state index contributed by atoms with van der Waals surface area (Å²) in [6.07, 6.45) is 4.28. The van der Waals surface area contributed by atoms with Crippen LogP contribution in [0.25, 0.3) is 0 Å². The molecule has 2 fully saturated rings. The predicted octanol–water partition coefficient (Wildman–Crippen LogP) is 2.95. The van der Waals surface area contributed by atoms with Crippen molar-refractivity contribution in [2.45, 2.75) is 77.5 Å². The lowest BCUT2D eigenvalue weighted by Gasteiger charge is -2.28. The Morgan fingerprint density at radius 3 is 2.28 bits per heavy atom. The quantitative estimate of drug-likeness (QED) is 0.766. The number of ether oxygens (including phenoxy) is 1. The second-order valence-corrected chi connectivity index (χ2v) is 6.78. The van der Waals surface area contributed by atoms with Crippen LogP contribution in [-0.2, 0) is 9.53 Å². The van der Waals surface area contributed by atoms with Gasteiger partial charge in [-0.25, -0.2) is 0 Å². The molecule has 1 heterocycles. The van der Waals surface area contributed by atoms with Gasteiger partial charge in [0.2, 0.25) is 5.91 Å². The third kappa shape index (κ3) is 2.61. The molecule has 18 heavy (non-hydrogen) atoms. The molecule has 3 nitrogen and oxygen atoms in total. The average Bonchev–Trinajstić information content (AvgIpc) is 2.30.